The molecule has 1 fully saturated rings. The van der Waals surface area contributed by atoms with E-state index in [1.54, 1.807) is 12.4 Å². The van der Waals surface area contributed by atoms with E-state index < -0.39 is 0 Å². The number of hydrogen-bond donors (Lipinski definition) is 1. The standard InChI is InChI=1S/C16H11ClN6.C6H11FO/c17-12-7-21-16(18)22-15(12)13-8-20-14-4-3-11(9-23(13)14)10-2-1-5-19-6-10;7-8-6-4-2-1-3-5-6/h1-9H,(H2,18,21,22);6H,1-5H2. The third-order valence-corrected chi connectivity index (χ3v) is 5.46. The number of rotatable bonds is 3. The Morgan fingerprint density at radius 1 is 1.03 bits per heavy atom. The van der Waals surface area contributed by atoms with Crippen molar-refractivity contribution in [1.29, 1.82) is 0 Å². The summed E-state index contributed by atoms with van der Waals surface area (Å²) < 4.78 is 13.3. The van der Waals surface area contributed by atoms with E-state index in [9.17, 15) is 4.53 Å². The van der Waals surface area contributed by atoms with Crippen LogP contribution in [0.15, 0.2) is 55.2 Å². The van der Waals surface area contributed by atoms with Crippen LogP contribution in [0.25, 0.3) is 28.2 Å². The smallest absolute Gasteiger partial charge is 0.220 e. The van der Waals surface area contributed by atoms with Crippen LogP contribution in [-0.4, -0.2) is 30.4 Å². The highest BCUT2D eigenvalue weighted by atomic mass is 35.5. The Labute approximate surface area is 184 Å². The van der Waals surface area contributed by atoms with Gasteiger partial charge in [0.2, 0.25) is 5.95 Å². The zero-order chi connectivity index (χ0) is 21.6. The molecule has 4 aromatic rings. The van der Waals surface area contributed by atoms with Crippen molar-refractivity contribution in [3.8, 4) is 22.5 Å². The largest absolute Gasteiger partial charge is 0.368 e. The number of aromatic nitrogens is 5. The van der Waals surface area contributed by atoms with E-state index >= 15 is 0 Å². The first-order valence-corrected chi connectivity index (χ1v) is 10.5. The molecule has 0 spiro atoms. The summed E-state index contributed by atoms with van der Waals surface area (Å²) in [5, 5.41) is 0.424. The molecule has 0 unspecified atom stereocenters. The van der Waals surface area contributed by atoms with Gasteiger partial charge in [0.1, 0.15) is 11.3 Å². The van der Waals surface area contributed by atoms with E-state index in [1.807, 2.05) is 41.1 Å². The summed E-state index contributed by atoms with van der Waals surface area (Å²) in [5.74, 6) is 0.169. The van der Waals surface area contributed by atoms with E-state index in [2.05, 4.69) is 24.9 Å². The van der Waals surface area contributed by atoms with Crippen LogP contribution < -0.4 is 5.73 Å². The molecule has 0 aromatic carbocycles. The molecule has 0 atom stereocenters. The Balaban J connectivity index is 0.000000245. The first-order valence-electron chi connectivity index (χ1n) is 10.1. The van der Waals surface area contributed by atoms with Crippen LogP contribution in [0.4, 0.5) is 10.5 Å². The normalized spacial score (nSPS) is 14.3. The van der Waals surface area contributed by atoms with Gasteiger partial charge in [-0.05, 0) is 35.6 Å². The lowest BCUT2D eigenvalue weighted by atomic mass is 9.98. The van der Waals surface area contributed by atoms with Crippen molar-refractivity contribution in [1.82, 2.24) is 24.3 Å². The van der Waals surface area contributed by atoms with Crippen LogP contribution in [0.1, 0.15) is 32.1 Å². The minimum Gasteiger partial charge on any atom is -0.368 e. The third-order valence-electron chi connectivity index (χ3n) is 5.18. The Morgan fingerprint density at radius 2 is 1.87 bits per heavy atom. The van der Waals surface area contributed by atoms with E-state index in [0.717, 1.165) is 48.2 Å². The fourth-order valence-corrected chi connectivity index (χ4v) is 3.76. The molecule has 0 amide bonds. The molecule has 0 aliphatic heterocycles. The predicted octanol–water partition coefficient (Wildman–Crippen LogP) is 5.31. The predicted molar refractivity (Wildman–Crippen MR) is 118 cm³/mol. The molecule has 1 aliphatic rings. The van der Waals surface area contributed by atoms with Crippen molar-refractivity contribution in [3.05, 3.63) is 60.3 Å². The molecule has 2 N–H and O–H groups in total. The summed E-state index contributed by atoms with van der Waals surface area (Å²) in [6.45, 7) is 0. The van der Waals surface area contributed by atoms with Crippen LogP contribution in [0.2, 0.25) is 5.02 Å². The highest BCUT2D eigenvalue weighted by Gasteiger charge is 2.14. The second kappa shape index (κ2) is 9.80. The highest BCUT2D eigenvalue weighted by molar-refractivity contribution is 6.32. The van der Waals surface area contributed by atoms with Gasteiger partial charge in [-0.1, -0.05) is 36.9 Å². The maximum atomic E-state index is 11.4. The van der Waals surface area contributed by atoms with Crippen LogP contribution in [0.3, 0.4) is 0 Å². The van der Waals surface area contributed by atoms with Gasteiger partial charge in [0.25, 0.3) is 0 Å². The van der Waals surface area contributed by atoms with Gasteiger partial charge in [-0.15, -0.1) is 0 Å². The first-order chi connectivity index (χ1) is 15.2. The fraction of sp³-hybridized carbons (Fsp3) is 0.273. The molecular weight excluding hydrogens is 419 g/mol. The molecule has 0 bridgehead atoms. The fourth-order valence-electron chi connectivity index (χ4n) is 3.57. The van der Waals surface area contributed by atoms with Crippen LogP contribution >= 0.6 is 11.6 Å². The second-order valence-corrected chi connectivity index (χ2v) is 7.71. The van der Waals surface area contributed by atoms with E-state index in [1.165, 1.54) is 12.6 Å². The number of imidazole rings is 1. The number of nitrogen functional groups attached to an aromatic ring is 1. The molecule has 9 heteroatoms. The van der Waals surface area contributed by atoms with Crippen molar-refractivity contribution in [2.24, 2.45) is 0 Å². The summed E-state index contributed by atoms with van der Waals surface area (Å²) in [5.41, 5.74) is 9.81. The summed E-state index contributed by atoms with van der Waals surface area (Å²) >= 11 is 6.21. The number of hydrogen-bond acceptors (Lipinski definition) is 6. The lowest BCUT2D eigenvalue weighted by Crippen LogP contribution is -2.11. The molecule has 1 saturated carbocycles. The molecule has 5 rings (SSSR count). The van der Waals surface area contributed by atoms with Crippen LogP contribution in [0, 0.1) is 0 Å². The molecule has 160 valence electrons. The van der Waals surface area contributed by atoms with Gasteiger partial charge in [0.05, 0.1) is 29.2 Å². The maximum Gasteiger partial charge on any atom is 0.220 e. The topological polar surface area (TPSA) is 91.2 Å². The molecule has 0 radical (unpaired) electrons. The van der Waals surface area contributed by atoms with E-state index in [0.29, 0.717) is 10.7 Å². The molecule has 4 heterocycles. The molecule has 4 aromatic heterocycles. The Bertz CT molecular complexity index is 1150. The third kappa shape index (κ3) is 4.98. The van der Waals surface area contributed by atoms with E-state index in [4.69, 9.17) is 17.3 Å². The number of anilines is 1. The average Bonchev–Trinajstić information content (AvgIpc) is 3.25. The quantitative estimate of drug-likeness (QED) is 0.464. The molecule has 0 saturated heterocycles. The summed E-state index contributed by atoms with van der Waals surface area (Å²) in [4.78, 5) is 20.4. The van der Waals surface area contributed by atoms with Crippen LogP contribution in [-0.2, 0) is 4.94 Å². The molecule has 7 nitrogen and oxygen atoms in total. The minimum absolute atomic E-state index is 0.0799. The molecule has 31 heavy (non-hydrogen) atoms. The number of pyridine rings is 2. The number of nitrogens with two attached hydrogens (primary N) is 1. The molecule has 1 aliphatic carbocycles. The summed E-state index contributed by atoms with van der Waals surface area (Å²) in [6.07, 6.45) is 14.0. The van der Waals surface area contributed by atoms with Gasteiger partial charge >= 0.3 is 0 Å². The zero-order valence-electron chi connectivity index (χ0n) is 16.8. The number of nitrogens with zero attached hydrogens (tertiary/aromatic N) is 5. The minimum atomic E-state index is -0.0799. The monoisotopic (exact) mass is 440 g/mol. The Morgan fingerprint density at radius 3 is 2.58 bits per heavy atom. The summed E-state index contributed by atoms with van der Waals surface area (Å²) in [7, 11) is 0. The van der Waals surface area contributed by atoms with Gasteiger partial charge < -0.3 is 5.73 Å². The van der Waals surface area contributed by atoms with Gasteiger partial charge in [-0.25, -0.2) is 15.0 Å². The lowest BCUT2D eigenvalue weighted by molar-refractivity contribution is -0.187. The van der Waals surface area contributed by atoms with Crippen molar-refractivity contribution in [2.75, 3.05) is 5.73 Å². The van der Waals surface area contributed by atoms with Crippen molar-refractivity contribution in [3.63, 3.8) is 0 Å². The van der Waals surface area contributed by atoms with Gasteiger partial charge in [-0.3, -0.25) is 9.38 Å². The SMILES string of the molecule is FOC1CCCCC1.Nc1ncc(Cl)c(-c2cnc3ccc(-c4cccnc4)cn23)n1. The van der Waals surface area contributed by atoms with Crippen molar-refractivity contribution < 1.29 is 9.47 Å². The van der Waals surface area contributed by atoms with Crippen molar-refractivity contribution >= 4 is 23.2 Å². The van der Waals surface area contributed by atoms with Gasteiger partial charge in [0.15, 0.2) is 0 Å². The maximum absolute atomic E-state index is 11.4. The van der Waals surface area contributed by atoms with Crippen molar-refractivity contribution in [2.45, 2.75) is 38.2 Å². The zero-order valence-corrected chi connectivity index (χ0v) is 17.5. The Hall–Kier alpha value is -3.10. The summed E-state index contributed by atoms with van der Waals surface area (Å²) in [6, 6.07) is 7.83. The van der Waals surface area contributed by atoms with E-state index in [-0.39, 0.29) is 12.1 Å². The second-order valence-electron chi connectivity index (χ2n) is 7.30. The number of fused-ring (bicyclic) bond motifs is 1. The highest BCUT2D eigenvalue weighted by Crippen LogP contribution is 2.28. The number of halogens is 2. The molecular formula is C22H22ClFN6O. The average molecular weight is 441 g/mol. The first kappa shape index (κ1) is 21.1. The van der Waals surface area contributed by atoms with Crippen LogP contribution in [0.5, 0.6) is 0 Å². The van der Waals surface area contributed by atoms with Gasteiger partial charge in [-0.2, -0.15) is 4.94 Å². The van der Waals surface area contributed by atoms with Gasteiger partial charge in [0, 0.05) is 29.7 Å². The Kier molecular flexibility index (Phi) is 6.69. The lowest BCUT2D eigenvalue weighted by Gasteiger charge is -2.15.